The van der Waals surface area contributed by atoms with Gasteiger partial charge in [-0.3, -0.25) is 0 Å². The van der Waals surface area contributed by atoms with Crippen LogP contribution in [0.3, 0.4) is 0 Å². The standard InChI is InChI=1S/C61H41NO/c1-5-17-42(18-6-1)45-23-15-26-51(39-45)62(57-29-16-30-59-60(57)54-40-46(32-38-58(54)63-59)43-19-7-2-8-20-43)50-35-33-49(34-36-50)61(48-24-11-4-12-25-48)55-28-14-13-27-52(55)53-37-31-47(41-56(53)61)44-21-9-3-10-22-44/h1-41H. The zero-order valence-corrected chi connectivity index (χ0v) is 34.5. The van der Waals surface area contributed by atoms with Crippen LogP contribution in [0.2, 0.25) is 0 Å². The molecule has 1 heterocycles. The molecule has 1 aliphatic carbocycles. The second-order valence-electron chi connectivity index (χ2n) is 16.4. The molecule has 0 N–H and O–H groups in total. The van der Waals surface area contributed by atoms with Gasteiger partial charge in [0.1, 0.15) is 11.2 Å². The summed E-state index contributed by atoms with van der Waals surface area (Å²) in [5, 5.41) is 2.16. The lowest BCUT2D eigenvalue weighted by Crippen LogP contribution is -2.28. The van der Waals surface area contributed by atoms with E-state index in [0.717, 1.165) is 50.1 Å². The van der Waals surface area contributed by atoms with Crippen molar-refractivity contribution in [3.63, 3.8) is 0 Å². The Morgan fingerprint density at radius 1 is 0.317 bits per heavy atom. The molecular formula is C61H41NO. The molecule has 0 bridgehead atoms. The number of furan rings is 1. The van der Waals surface area contributed by atoms with Crippen molar-refractivity contribution in [1.29, 1.82) is 0 Å². The zero-order chi connectivity index (χ0) is 41.7. The first-order valence-corrected chi connectivity index (χ1v) is 21.7. The maximum atomic E-state index is 6.63. The van der Waals surface area contributed by atoms with Crippen molar-refractivity contribution in [1.82, 2.24) is 0 Å². The highest BCUT2D eigenvalue weighted by atomic mass is 16.3. The van der Waals surface area contributed by atoms with Gasteiger partial charge >= 0.3 is 0 Å². The van der Waals surface area contributed by atoms with E-state index in [1.54, 1.807) is 0 Å². The SMILES string of the molecule is c1ccc(-c2cccc(N(c3ccc(C4(c5ccccc5)c5ccccc5-c5ccc(-c6ccccc6)cc54)cc3)c3cccc4oc5ccc(-c6ccccc6)cc5c34)c2)cc1. The highest BCUT2D eigenvalue weighted by Gasteiger charge is 2.46. The number of rotatable bonds is 8. The lowest BCUT2D eigenvalue weighted by Gasteiger charge is -2.35. The lowest BCUT2D eigenvalue weighted by molar-refractivity contribution is 0.669. The first-order valence-electron chi connectivity index (χ1n) is 21.7. The minimum atomic E-state index is -0.552. The van der Waals surface area contributed by atoms with E-state index in [-0.39, 0.29) is 0 Å². The monoisotopic (exact) mass is 803 g/mol. The van der Waals surface area contributed by atoms with E-state index >= 15 is 0 Å². The zero-order valence-electron chi connectivity index (χ0n) is 34.5. The minimum absolute atomic E-state index is 0.552. The Kier molecular flexibility index (Phi) is 8.76. The molecule has 12 rings (SSSR count). The van der Waals surface area contributed by atoms with Crippen LogP contribution >= 0.6 is 0 Å². The average molecular weight is 804 g/mol. The fourth-order valence-corrected chi connectivity index (χ4v) is 10.1. The topological polar surface area (TPSA) is 16.4 Å². The molecule has 0 radical (unpaired) electrons. The van der Waals surface area contributed by atoms with Gasteiger partial charge in [-0.25, -0.2) is 0 Å². The Morgan fingerprint density at radius 2 is 0.857 bits per heavy atom. The predicted octanol–water partition coefficient (Wildman–Crippen LogP) is 16.4. The van der Waals surface area contributed by atoms with Crippen LogP contribution in [0.25, 0.3) is 66.4 Å². The summed E-state index contributed by atoms with van der Waals surface area (Å²) in [7, 11) is 0. The van der Waals surface area contributed by atoms with Crippen LogP contribution in [0.4, 0.5) is 17.1 Å². The first-order chi connectivity index (χ1) is 31.2. The number of anilines is 3. The molecule has 1 aliphatic rings. The van der Waals surface area contributed by atoms with Crippen LogP contribution in [-0.4, -0.2) is 0 Å². The summed E-state index contributed by atoms with van der Waals surface area (Å²) in [4.78, 5) is 2.40. The van der Waals surface area contributed by atoms with Crippen molar-refractivity contribution in [3.05, 3.63) is 271 Å². The molecule has 1 aromatic heterocycles. The molecular weight excluding hydrogens is 763 g/mol. The molecule has 0 saturated heterocycles. The molecule has 2 heteroatoms. The maximum Gasteiger partial charge on any atom is 0.137 e. The molecule has 1 atom stereocenters. The van der Waals surface area contributed by atoms with Crippen LogP contribution in [0, 0.1) is 0 Å². The van der Waals surface area contributed by atoms with Gasteiger partial charge in [-0.05, 0) is 121 Å². The van der Waals surface area contributed by atoms with Crippen LogP contribution in [0.15, 0.2) is 253 Å². The van der Waals surface area contributed by atoms with E-state index < -0.39 is 5.41 Å². The maximum absolute atomic E-state index is 6.63. The summed E-state index contributed by atoms with van der Waals surface area (Å²) in [5.74, 6) is 0. The third kappa shape index (κ3) is 6.02. The molecule has 0 saturated carbocycles. The Morgan fingerprint density at radius 3 is 1.56 bits per heavy atom. The van der Waals surface area contributed by atoms with Crippen molar-refractivity contribution in [2.45, 2.75) is 5.41 Å². The van der Waals surface area contributed by atoms with Crippen molar-refractivity contribution in [2.24, 2.45) is 0 Å². The molecule has 0 spiro atoms. The van der Waals surface area contributed by atoms with Gasteiger partial charge in [0.05, 0.1) is 16.5 Å². The van der Waals surface area contributed by atoms with Crippen molar-refractivity contribution >= 4 is 39.0 Å². The fourth-order valence-electron chi connectivity index (χ4n) is 10.1. The molecule has 63 heavy (non-hydrogen) atoms. The summed E-state index contributed by atoms with van der Waals surface area (Å²) in [5.41, 5.74) is 19.0. The Hall–Kier alpha value is -8.20. The summed E-state index contributed by atoms with van der Waals surface area (Å²) in [6.45, 7) is 0. The average Bonchev–Trinajstić information content (AvgIpc) is 3.89. The molecule has 2 nitrogen and oxygen atoms in total. The molecule has 0 aliphatic heterocycles. The largest absolute Gasteiger partial charge is 0.456 e. The normalized spacial score (nSPS) is 14.1. The van der Waals surface area contributed by atoms with Gasteiger partial charge in [-0.2, -0.15) is 0 Å². The van der Waals surface area contributed by atoms with Gasteiger partial charge < -0.3 is 9.32 Å². The smallest absolute Gasteiger partial charge is 0.137 e. The van der Waals surface area contributed by atoms with E-state index in [0.29, 0.717) is 0 Å². The Labute approximate surface area is 367 Å². The van der Waals surface area contributed by atoms with Crippen molar-refractivity contribution in [3.8, 4) is 44.5 Å². The van der Waals surface area contributed by atoms with Crippen molar-refractivity contribution < 1.29 is 4.42 Å². The highest BCUT2D eigenvalue weighted by molar-refractivity contribution is 6.14. The van der Waals surface area contributed by atoms with Crippen molar-refractivity contribution in [2.75, 3.05) is 4.90 Å². The molecule has 1 unspecified atom stereocenters. The lowest BCUT2D eigenvalue weighted by atomic mass is 9.67. The molecule has 11 aromatic rings. The van der Waals surface area contributed by atoms with Gasteiger partial charge in [0, 0.05) is 16.8 Å². The van der Waals surface area contributed by atoms with Gasteiger partial charge in [0.25, 0.3) is 0 Å². The molecule has 296 valence electrons. The quantitative estimate of drug-likeness (QED) is 0.152. The van der Waals surface area contributed by atoms with Gasteiger partial charge in [-0.15, -0.1) is 0 Å². The van der Waals surface area contributed by atoms with E-state index in [1.165, 1.54) is 55.6 Å². The van der Waals surface area contributed by atoms with E-state index in [4.69, 9.17) is 4.42 Å². The number of fused-ring (bicyclic) bond motifs is 6. The van der Waals surface area contributed by atoms with Crippen LogP contribution in [0.5, 0.6) is 0 Å². The summed E-state index contributed by atoms with van der Waals surface area (Å²) in [6, 6.07) is 90.2. The van der Waals surface area contributed by atoms with Crippen LogP contribution in [0.1, 0.15) is 22.3 Å². The number of nitrogens with zero attached hydrogens (tertiary/aromatic N) is 1. The highest BCUT2D eigenvalue weighted by Crippen LogP contribution is 2.57. The molecule has 10 aromatic carbocycles. The van der Waals surface area contributed by atoms with E-state index in [1.807, 2.05) is 0 Å². The third-order valence-electron chi connectivity index (χ3n) is 12.9. The number of hydrogen-bond acceptors (Lipinski definition) is 2. The Balaban J connectivity index is 1.08. The van der Waals surface area contributed by atoms with E-state index in [9.17, 15) is 0 Å². The van der Waals surface area contributed by atoms with Gasteiger partial charge in [0.15, 0.2) is 0 Å². The third-order valence-corrected chi connectivity index (χ3v) is 12.9. The number of hydrogen-bond donors (Lipinski definition) is 0. The fraction of sp³-hybridized carbons (Fsp3) is 0.0164. The van der Waals surface area contributed by atoms with Gasteiger partial charge in [-0.1, -0.05) is 194 Å². The summed E-state index contributed by atoms with van der Waals surface area (Å²) < 4.78 is 6.63. The summed E-state index contributed by atoms with van der Waals surface area (Å²) in [6.07, 6.45) is 0. The minimum Gasteiger partial charge on any atom is -0.456 e. The van der Waals surface area contributed by atoms with E-state index in [2.05, 4.69) is 254 Å². The molecule has 0 fully saturated rings. The first kappa shape index (κ1) is 36.6. The Bertz CT molecular complexity index is 3430. The predicted molar refractivity (Wildman–Crippen MR) is 262 cm³/mol. The summed E-state index contributed by atoms with van der Waals surface area (Å²) >= 11 is 0. The van der Waals surface area contributed by atoms with Crippen LogP contribution in [-0.2, 0) is 5.41 Å². The van der Waals surface area contributed by atoms with Crippen LogP contribution < -0.4 is 4.90 Å². The van der Waals surface area contributed by atoms with Gasteiger partial charge in [0.2, 0.25) is 0 Å². The second kappa shape index (κ2) is 15.1. The number of benzene rings is 10. The second-order valence-corrected chi connectivity index (χ2v) is 16.4. The molecule has 0 amide bonds.